The first-order valence-electron chi connectivity index (χ1n) is 5.14. The molecule has 1 aliphatic carbocycles. The predicted molar refractivity (Wildman–Crippen MR) is 55.5 cm³/mol. The first-order valence-corrected chi connectivity index (χ1v) is 5.14. The fraction of sp³-hybridized carbons (Fsp3) is 0.600. The van der Waals surface area contributed by atoms with Crippen LogP contribution in [0.15, 0.2) is 10.6 Å². The molecule has 2 amide bonds. The number of aromatic nitrogens is 1. The van der Waals surface area contributed by atoms with Crippen molar-refractivity contribution >= 4 is 11.9 Å². The number of rotatable bonds is 2. The fourth-order valence-corrected chi connectivity index (χ4v) is 2.15. The van der Waals surface area contributed by atoms with Crippen molar-refractivity contribution in [2.24, 2.45) is 5.73 Å². The molecule has 0 atom stereocenters. The number of urea groups is 1. The van der Waals surface area contributed by atoms with E-state index in [0.29, 0.717) is 5.88 Å². The van der Waals surface area contributed by atoms with E-state index < -0.39 is 6.03 Å². The van der Waals surface area contributed by atoms with Crippen molar-refractivity contribution in [3.8, 4) is 0 Å². The van der Waals surface area contributed by atoms with Crippen molar-refractivity contribution in [3.05, 3.63) is 11.8 Å². The van der Waals surface area contributed by atoms with Gasteiger partial charge >= 0.3 is 6.03 Å². The number of nitrogens with zero attached hydrogens (tertiary/aromatic N) is 1. The maximum Gasteiger partial charge on any atom is 0.319 e. The molecule has 82 valence electrons. The van der Waals surface area contributed by atoms with Crippen molar-refractivity contribution in [2.45, 2.75) is 38.0 Å². The average Bonchev–Trinajstić information content (AvgIpc) is 2.74. The molecule has 0 saturated heterocycles. The van der Waals surface area contributed by atoms with Gasteiger partial charge in [0.15, 0.2) is 0 Å². The molecule has 0 radical (unpaired) electrons. The molecule has 0 bridgehead atoms. The topological polar surface area (TPSA) is 81.1 Å². The summed E-state index contributed by atoms with van der Waals surface area (Å²) in [6, 6.07) is 1.13. The van der Waals surface area contributed by atoms with Gasteiger partial charge in [0, 0.05) is 11.5 Å². The summed E-state index contributed by atoms with van der Waals surface area (Å²) in [6.07, 6.45) is 4.69. The lowest BCUT2D eigenvalue weighted by molar-refractivity contribution is 0.258. The molecular weight excluding hydrogens is 194 g/mol. The Kier molecular flexibility index (Phi) is 2.38. The lowest BCUT2D eigenvalue weighted by Crippen LogP contribution is -2.19. The quantitative estimate of drug-likeness (QED) is 0.781. The summed E-state index contributed by atoms with van der Waals surface area (Å²) in [5.74, 6) is 0.325. The smallest absolute Gasteiger partial charge is 0.319 e. The van der Waals surface area contributed by atoms with Gasteiger partial charge in [-0.25, -0.2) is 4.79 Å². The third kappa shape index (κ3) is 1.95. The second-order valence-corrected chi connectivity index (χ2v) is 4.33. The van der Waals surface area contributed by atoms with Gasteiger partial charge in [-0.05, 0) is 12.8 Å². The van der Waals surface area contributed by atoms with Gasteiger partial charge in [0.1, 0.15) is 0 Å². The Labute approximate surface area is 88.0 Å². The standard InChI is InChI=1S/C10H15N3O2/c1-10(4-2-3-5-10)7-6-8(15-13-7)12-9(11)14/h6H,2-5H2,1H3,(H3,11,12,14). The van der Waals surface area contributed by atoms with Gasteiger partial charge < -0.3 is 10.3 Å². The van der Waals surface area contributed by atoms with Crippen molar-refractivity contribution in [1.29, 1.82) is 0 Å². The third-order valence-electron chi connectivity index (χ3n) is 3.08. The molecule has 0 aromatic carbocycles. The number of amides is 2. The van der Waals surface area contributed by atoms with Crippen LogP contribution in [-0.4, -0.2) is 11.2 Å². The van der Waals surface area contributed by atoms with Crippen LogP contribution in [0.4, 0.5) is 10.7 Å². The van der Waals surface area contributed by atoms with Crippen LogP contribution in [0.1, 0.15) is 38.3 Å². The number of hydrogen-bond acceptors (Lipinski definition) is 3. The normalized spacial score (nSPS) is 19.0. The highest BCUT2D eigenvalue weighted by molar-refractivity contribution is 5.86. The van der Waals surface area contributed by atoms with E-state index in [9.17, 15) is 4.79 Å². The monoisotopic (exact) mass is 209 g/mol. The minimum absolute atomic E-state index is 0.0983. The highest BCUT2D eigenvalue weighted by atomic mass is 16.5. The third-order valence-corrected chi connectivity index (χ3v) is 3.08. The molecule has 15 heavy (non-hydrogen) atoms. The van der Waals surface area contributed by atoms with E-state index >= 15 is 0 Å². The lowest BCUT2D eigenvalue weighted by Gasteiger charge is -2.18. The van der Waals surface area contributed by atoms with E-state index in [2.05, 4.69) is 17.4 Å². The molecule has 1 aromatic heterocycles. The van der Waals surface area contributed by atoms with E-state index in [0.717, 1.165) is 18.5 Å². The largest absolute Gasteiger partial charge is 0.351 e. The summed E-state index contributed by atoms with van der Waals surface area (Å²) in [5.41, 5.74) is 5.99. The van der Waals surface area contributed by atoms with Crippen molar-refractivity contribution in [1.82, 2.24) is 5.16 Å². The number of primary amides is 1. The summed E-state index contributed by atoms with van der Waals surface area (Å²) in [5, 5.41) is 6.35. The molecule has 5 nitrogen and oxygen atoms in total. The van der Waals surface area contributed by atoms with Crippen LogP contribution in [-0.2, 0) is 5.41 Å². The Morgan fingerprint density at radius 2 is 2.27 bits per heavy atom. The summed E-state index contributed by atoms with van der Waals surface area (Å²) in [4.78, 5) is 10.6. The molecule has 1 aromatic rings. The fourth-order valence-electron chi connectivity index (χ4n) is 2.15. The van der Waals surface area contributed by atoms with Gasteiger partial charge in [0.2, 0.25) is 5.88 Å². The van der Waals surface area contributed by atoms with Crippen LogP contribution in [0.25, 0.3) is 0 Å². The van der Waals surface area contributed by atoms with Crippen LogP contribution >= 0.6 is 0 Å². The van der Waals surface area contributed by atoms with Gasteiger partial charge in [0.05, 0.1) is 5.69 Å². The minimum Gasteiger partial charge on any atom is -0.351 e. The molecule has 3 N–H and O–H groups in total. The summed E-state index contributed by atoms with van der Waals surface area (Å²) in [6.45, 7) is 2.17. The molecule has 5 heteroatoms. The SMILES string of the molecule is CC1(c2cc(NC(N)=O)on2)CCCC1. The van der Waals surface area contributed by atoms with Crippen LogP contribution in [0.5, 0.6) is 0 Å². The Bertz CT molecular complexity index is 366. The van der Waals surface area contributed by atoms with Crippen LogP contribution in [0.2, 0.25) is 0 Å². The maximum absolute atomic E-state index is 10.6. The first kappa shape index (κ1) is 10.0. The highest BCUT2D eigenvalue weighted by Gasteiger charge is 2.33. The number of hydrogen-bond donors (Lipinski definition) is 2. The summed E-state index contributed by atoms with van der Waals surface area (Å²) < 4.78 is 4.99. The molecule has 1 saturated carbocycles. The van der Waals surface area contributed by atoms with Gasteiger partial charge in [-0.15, -0.1) is 0 Å². The van der Waals surface area contributed by atoms with E-state index in [1.165, 1.54) is 12.8 Å². The highest BCUT2D eigenvalue weighted by Crippen LogP contribution is 2.40. The van der Waals surface area contributed by atoms with Gasteiger partial charge in [-0.3, -0.25) is 5.32 Å². The molecular formula is C10H15N3O2. The number of anilines is 1. The second kappa shape index (κ2) is 3.56. The molecule has 2 rings (SSSR count). The zero-order chi connectivity index (χ0) is 10.9. The minimum atomic E-state index is -0.630. The zero-order valence-corrected chi connectivity index (χ0v) is 8.75. The molecule has 1 fully saturated rings. The van der Waals surface area contributed by atoms with E-state index in [-0.39, 0.29) is 5.41 Å². The van der Waals surface area contributed by atoms with Crippen LogP contribution < -0.4 is 11.1 Å². The number of nitrogens with two attached hydrogens (primary N) is 1. The van der Waals surface area contributed by atoms with E-state index in [4.69, 9.17) is 10.3 Å². The Hall–Kier alpha value is -1.52. The van der Waals surface area contributed by atoms with Gasteiger partial charge in [0.25, 0.3) is 0 Å². The van der Waals surface area contributed by atoms with Gasteiger partial charge in [-0.1, -0.05) is 24.9 Å². The Morgan fingerprint density at radius 3 is 2.87 bits per heavy atom. The summed E-state index contributed by atoms with van der Waals surface area (Å²) in [7, 11) is 0. The molecule has 1 aliphatic rings. The number of nitrogens with one attached hydrogen (secondary N) is 1. The van der Waals surface area contributed by atoms with E-state index in [1.54, 1.807) is 6.07 Å². The molecule has 0 unspecified atom stereocenters. The van der Waals surface area contributed by atoms with E-state index in [1.807, 2.05) is 0 Å². The number of carbonyl (C=O) groups excluding carboxylic acids is 1. The lowest BCUT2D eigenvalue weighted by atomic mass is 9.85. The summed E-state index contributed by atoms with van der Waals surface area (Å²) >= 11 is 0. The Balaban J connectivity index is 2.15. The van der Waals surface area contributed by atoms with Crippen molar-refractivity contribution < 1.29 is 9.32 Å². The number of carbonyl (C=O) groups is 1. The maximum atomic E-state index is 10.6. The van der Waals surface area contributed by atoms with Crippen molar-refractivity contribution in [3.63, 3.8) is 0 Å². The van der Waals surface area contributed by atoms with Crippen molar-refractivity contribution in [2.75, 3.05) is 5.32 Å². The second-order valence-electron chi connectivity index (χ2n) is 4.33. The first-order chi connectivity index (χ1) is 7.10. The predicted octanol–water partition coefficient (Wildman–Crippen LogP) is 2.00. The zero-order valence-electron chi connectivity index (χ0n) is 8.75. The van der Waals surface area contributed by atoms with Gasteiger partial charge in [-0.2, -0.15) is 0 Å². The Morgan fingerprint density at radius 1 is 1.60 bits per heavy atom. The average molecular weight is 209 g/mol. The van der Waals surface area contributed by atoms with Crippen LogP contribution in [0, 0.1) is 0 Å². The van der Waals surface area contributed by atoms with Crippen LogP contribution in [0.3, 0.4) is 0 Å². The molecule has 0 spiro atoms. The molecule has 1 heterocycles. The molecule has 0 aliphatic heterocycles.